The van der Waals surface area contributed by atoms with Gasteiger partial charge in [-0.2, -0.15) is 0 Å². The molecule has 0 radical (unpaired) electrons. The monoisotopic (exact) mass is 492 g/mol. The molecule has 2 atom stereocenters. The molecular formula is C24H26Cl2N2O5. The molecule has 0 aliphatic carbocycles. The van der Waals surface area contributed by atoms with E-state index in [-0.39, 0.29) is 18.7 Å². The normalized spacial score (nSPS) is 17.4. The molecule has 0 saturated carbocycles. The molecule has 1 aliphatic rings. The molecule has 0 aromatic heterocycles. The number of nitrogens with one attached hydrogen (secondary N) is 2. The Kier molecular flexibility index (Phi) is 7.87. The van der Waals surface area contributed by atoms with Crippen molar-refractivity contribution in [2.75, 3.05) is 12.1 Å². The Bertz CT molecular complexity index is 1040. The molecule has 33 heavy (non-hydrogen) atoms. The molecule has 0 spiro atoms. The third kappa shape index (κ3) is 6.62. The van der Waals surface area contributed by atoms with E-state index in [1.54, 1.807) is 32.9 Å². The molecule has 176 valence electrons. The maximum Gasteiger partial charge on any atom is 0.331 e. The van der Waals surface area contributed by atoms with Crippen molar-refractivity contribution in [3.8, 4) is 0 Å². The molecule has 3 rings (SSSR count). The zero-order valence-corrected chi connectivity index (χ0v) is 20.1. The van der Waals surface area contributed by atoms with E-state index in [2.05, 4.69) is 10.6 Å². The fourth-order valence-corrected chi connectivity index (χ4v) is 4.05. The minimum Gasteiger partial charge on any atom is -0.427 e. The predicted octanol–water partition coefficient (Wildman–Crippen LogP) is 4.67. The lowest BCUT2D eigenvalue weighted by Gasteiger charge is -2.33. The maximum atomic E-state index is 12.7. The lowest BCUT2D eigenvalue weighted by molar-refractivity contribution is -0.173. The number of esters is 2. The summed E-state index contributed by atoms with van der Waals surface area (Å²) in [4.78, 5) is 37.3. The van der Waals surface area contributed by atoms with Crippen LogP contribution in [-0.2, 0) is 30.3 Å². The first-order valence-electron chi connectivity index (χ1n) is 10.5. The van der Waals surface area contributed by atoms with Crippen LogP contribution in [0.15, 0.2) is 42.5 Å². The van der Waals surface area contributed by atoms with Gasteiger partial charge >= 0.3 is 11.9 Å². The Morgan fingerprint density at radius 2 is 1.79 bits per heavy atom. The molecule has 1 amide bonds. The molecular weight excluding hydrogens is 467 g/mol. The highest BCUT2D eigenvalue weighted by Crippen LogP contribution is 2.40. The average molecular weight is 493 g/mol. The van der Waals surface area contributed by atoms with Crippen molar-refractivity contribution < 1.29 is 23.9 Å². The van der Waals surface area contributed by atoms with Gasteiger partial charge in [0.15, 0.2) is 0 Å². The summed E-state index contributed by atoms with van der Waals surface area (Å²) in [6.07, 6.45) is 0.379. The fourth-order valence-electron chi connectivity index (χ4n) is 3.43. The molecule has 1 aliphatic heterocycles. The Morgan fingerprint density at radius 3 is 2.45 bits per heavy atom. The zero-order chi connectivity index (χ0) is 24.2. The highest BCUT2D eigenvalue weighted by Gasteiger charge is 2.35. The van der Waals surface area contributed by atoms with Crippen LogP contribution in [0.2, 0.25) is 10.0 Å². The summed E-state index contributed by atoms with van der Waals surface area (Å²) in [6, 6.07) is 11.2. The fraction of sp³-hybridized carbons (Fsp3) is 0.375. The molecule has 9 heteroatoms. The summed E-state index contributed by atoms with van der Waals surface area (Å²) in [7, 11) is 0. The average Bonchev–Trinajstić information content (AvgIpc) is 2.72. The van der Waals surface area contributed by atoms with Gasteiger partial charge < -0.3 is 20.1 Å². The van der Waals surface area contributed by atoms with E-state index in [4.69, 9.17) is 32.7 Å². The summed E-state index contributed by atoms with van der Waals surface area (Å²) in [5.74, 6) is -1.32. The summed E-state index contributed by atoms with van der Waals surface area (Å²) in [5.41, 5.74) is 1.32. The number of benzene rings is 2. The number of halogens is 2. The molecule has 2 N–H and O–H groups in total. The van der Waals surface area contributed by atoms with E-state index < -0.39 is 36.2 Å². The Morgan fingerprint density at radius 1 is 1.09 bits per heavy atom. The number of hydrogen-bond acceptors (Lipinski definition) is 6. The second-order valence-electron chi connectivity index (χ2n) is 8.83. The van der Waals surface area contributed by atoms with Gasteiger partial charge in [-0.3, -0.25) is 9.59 Å². The summed E-state index contributed by atoms with van der Waals surface area (Å²) in [5, 5.41) is 6.79. The van der Waals surface area contributed by atoms with E-state index in [0.717, 1.165) is 5.56 Å². The third-order valence-corrected chi connectivity index (χ3v) is 5.61. The largest absolute Gasteiger partial charge is 0.427 e. The van der Waals surface area contributed by atoms with Crippen LogP contribution in [0.25, 0.3) is 0 Å². The van der Waals surface area contributed by atoms with Gasteiger partial charge in [0.05, 0.1) is 17.9 Å². The van der Waals surface area contributed by atoms with Crippen LogP contribution in [-0.4, -0.2) is 30.7 Å². The summed E-state index contributed by atoms with van der Waals surface area (Å²) < 4.78 is 10.2. The van der Waals surface area contributed by atoms with Crippen molar-refractivity contribution in [1.82, 2.24) is 5.32 Å². The van der Waals surface area contributed by atoms with Gasteiger partial charge in [-0.25, -0.2) is 4.79 Å². The van der Waals surface area contributed by atoms with E-state index in [1.807, 2.05) is 30.3 Å². The van der Waals surface area contributed by atoms with Crippen LogP contribution < -0.4 is 10.6 Å². The Hall–Kier alpha value is -2.77. The first-order valence-corrected chi connectivity index (χ1v) is 11.2. The lowest BCUT2D eigenvalue weighted by atomic mass is 9.92. The highest BCUT2D eigenvalue weighted by atomic mass is 35.5. The predicted molar refractivity (Wildman–Crippen MR) is 126 cm³/mol. The Balaban J connectivity index is 1.72. The molecule has 0 saturated heterocycles. The number of rotatable bonds is 6. The number of ether oxygens (including phenoxy) is 2. The second kappa shape index (κ2) is 10.4. The summed E-state index contributed by atoms with van der Waals surface area (Å²) >= 11 is 12.6. The van der Waals surface area contributed by atoms with Crippen molar-refractivity contribution in [3.63, 3.8) is 0 Å². The van der Waals surface area contributed by atoms with Gasteiger partial charge in [0.1, 0.15) is 6.04 Å². The van der Waals surface area contributed by atoms with Crippen LogP contribution in [0, 0.1) is 5.41 Å². The van der Waals surface area contributed by atoms with Crippen LogP contribution in [0.5, 0.6) is 0 Å². The van der Waals surface area contributed by atoms with Crippen LogP contribution >= 0.6 is 23.2 Å². The van der Waals surface area contributed by atoms with Crippen molar-refractivity contribution in [1.29, 1.82) is 0 Å². The quantitative estimate of drug-likeness (QED) is 0.449. The minimum atomic E-state index is -0.803. The van der Waals surface area contributed by atoms with Crippen molar-refractivity contribution in [2.45, 2.75) is 45.7 Å². The lowest BCUT2D eigenvalue weighted by Crippen LogP contribution is -2.42. The minimum absolute atomic E-state index is 0.184. The first-order chi connectivity index (χ1) is 15.5. The zero-order valence-electron chi connectivity index (χ0n) is 18.6. The SMILES string of the molecule is CC(C)(C)C(=O)OCOC(=O)[C@H]1C[C@H](NC(=O)Cc2ccccc2)c2c(Cl)cc(Cl)cc2N1. The van der Waals surface area contributed by atoms with Crippen molar-refractivity contribution in [3.05, 3.63) is 63.6 Å². The van der Waals surface area contributed by atoms with Gasteiger partial charge in [0, 0.05) is 27.7 Å². The number of amides is 1. The van der Waals surface area contributed by atoms with Gasteiger partial charge in [-0.15, -0.1) is 0 Å². The number of anilines is 1. The number of hydrogen-bond donors (Lipinski definition) is 2. The van der Waals surface area contributed by atoms with Crippen LogP contribution in [0.4, 0.5) is 5.69 Å². The van der Waals surface area contributed by atoms with Crippen molar-refractivity contribution in [2.24, 2.45) is 5.41 Å². The van der Waals surface area contributed by atoms with E-state index >= 15 is 0 Å². The number of carbonyl (C=O) groups excluding carboxylic acids is 3. The standard InChI is InChI=1S/C24H26Cl2N2O5/c1-24(2,3)23(31)33-13-32-22(30)19-12-18(21-16(26)10-15(25)11-17(21)27-19)28-20(29)9-14-7-5-4-6-8-14/h4-8,10-11,18-19,27H,9,12-13H2,1-3H3,(H,28,29)/t18-,19+/m0/s1. The molecule has 0 unspecified atom stereocenters. The van der Waals surface area contributed by atoms with E-state index in [9.17, 15) is 14.4 Å². The molecule has 2 aromatic carbocycles. The van der Waals surface area contributed by atoms with Gasteiger partial charge in [-0.05, 0) is 38.5 Å². The molecule has 1 heterocycles. The van der Waals surface area contributed by atoms with Gasteiger partial charge in [0.25, 0.3) is 0 Å². The first kappa shape index (κ1) is 24.9. The smallest absolute Gasteiger partial charge is 0.331 e. The van der Waals surface area contributed by atoms with E-state index in [1.165, 1.54) is 0 Å². The third-order valence-electron chi connectivity index (χ3n) is 5.07. The molecule has 0 fully saturated rings. The van der Waals surface area contributed by atoms with Crippen molar-refractivity contribution >= 4 is 46.7 Å². The van der Waals surface area contributed by atoms with Crippen LogP contribution in [0.3, 0.4) is 0 Å². The number of fused-ring (bicyclic) bond motifs is 1. The Labute approximate surface area is 202 Å². The van der Waals surface area contributed by atoms with E-state index in [0.29, 0.717) is 21.3 Å². The summed E-state index contributed by atoms with van der Waals surface area (Å²) in [6.45, 7) is 4.61. The maximum absolute atomic E-state index is 12.7. The highest BCUT2D eigenvalue weighted by molar-refractivity contribution is 6.35. The molecule has 7 nitrogen and oxygen atoms in total. The molecule has 0 bridgehead atoms. The second-order valence-corrected chi connectivity index (χ2v) is 9.67. The molecule has 2 aromatic rings. The van der Waals surface area contributed by atoms with Gasteiger partial charge in [-0.1, -0.05) is 53.5 Å². The van der Waals surface area contributed by atoms with Gasteiger partial charge in [0.2, 0.25) is 12.7 Å². The number of carbonyl (C=O) groups is 3. The van der Waals surface area contributed by atoms with Crippen LogP contribution in [0.1, 0.15) is 44.4 Å². The topological polar surface area (TPSA) is 93.7 Å².